The predicted octanol–water partition coefficient (Wildman–Crippen LogP) is 6.92. The fourth-order valence-electron chi connectivity index (χ4n) is 3.31. The highest BCUT2D eigenvalue weighted by atomic mass is 35.5. The van der Waals surface area contributed by atoms with Gasteiger partial charge in [-0.25, -0.2) is 4.98 Å². The Bertz CT molecular complexity index is 1150. The molecule has 146 valence electrons. The third kappa shape index (κ3) is 4.19. The van der Waals surface area contributed by atoms with E-state index in [4.69, 9.17) is 16.6 Å². The summed E-state index contributed by atoms with van der Waals surface area (Å²) in [6.45, 7) is 4.77. The molecular weight excluding hydrogens is 400 g/mol. The second kappa shape index (κ2) is 8.36. The number of amides is 1. The summed E-state index contributed by atoms with van der Waals surface area (Å²) in [6, 6.07) is 23.3. The number of para-hydroxylation sites is 1. The lowest BCUT2D eigenvalue weighted by atomic mass is 10.0. The van der Waals surface area contributed by atoms with Crippen molar-refractivity contribution < 1.29 is 4.79 Å². The fraction of sp³-hybridized carbons (Fsp3) is 0.167. The van der Waals surface area contributed by atoms with Gasteiger partial charge in [-0.15, -0.1) is 0 Å². The van der Waals surface area contributed by atoms with E-state index in [2.05, 4.69) is 32.0 Å². The van der Waals surface area contributed by atoms with E-state index in [1.165, 1.54) is 5.56 Å². The first-order chi connectivity index (χ1) is 14.0. The molecule has 4 aromatic rings. The molecule has 0 N–H and O–H groups in total. The molecule has 3 nitrogen and oxygen atoms in total. The molecule has 1 heterocycles. The molecule has 1 amide bonds. The summed E-state index contributed by atoms with van der Waals surface area (Å²) in [5, 5.41) is 1.24. The van der Waals surface area contributed by atoms with E-state index in [1.54, 1.807) is 40.5 Å². The smallest absolute Gasteiger partial charge is 0.260 e. The Morgan fingerprint density at radius 1 is 1.03 bits per heavy atom. The van der Waals surface area contributed by atoms with Crippen molar-refractivity contribution in [1.29, 1.82) is 0 Å². The van der Waals surface area contributed by atoms with Gasteiger partial charge in [-0.05, 0) is 41.3 Å². The molecule has 0 fully saturated rings. The van der Waals surface area contributed by atoms with Gasteiger partial charge in [0.1, 0.15) is 0 Å². The van der Waals surface area contributed by atoms with E-state index in [0.717, 1.165) is 15.8 Å². The minimum Gasteiger partial charge on any atom is -0.279 e. The van der Waals surface area contributed by atoms with Crippen LogP contribution in [-0.2, 0) is 6.54 Å². The number of nitrogens with zero attached hydrogens (tertiary/aromatic N) is 2. The summed E-state index contributed by atoms with van der Waals surface area (Å²) in [5.74, 6) is 0.251. The zero-order valence-electron chi connectivity index (χ0n) is 16.3. The van der Waals surface area contributed by atoms with Gasteiger partial charge in [0.25, 0.3) is 5.91 Å². The number of carbonyl (C=O) groups excluding carboxylic acids is 1. The van der Waals surface area contributed by atoms with Gasteiger partial charge in [-0.2, -0.15) is 0 Å². The van der Waals surface area contributed by atoms with Crippen molar-refractivity contribution in [2.45, 2.75) is 26.3 Å². The van der Waals surface area contributed by atoms with Gasteiger partial charge in [0, 0.05) is 10.6 Å². The number of anilines is 1. The van der Waals surface area contributed by atoms with Crippen molar-refractivity contribution >= 4 is 44.2 Å². The molecule has 3 aromatic carbocycles. The molecule has 0 unspecified atom stereocenters. The highest BCUT2D eigenvalue weighted by molar-refractivity contribution is 7.22. The molecule has 0 saturated carbocycles. The number of thiazole rings is 1. The molecule has 0 aliphatic heterocycles. The summed E-state index contributed by atoms with van der Waals surface area (Å²) in [4.78, 5) is 20.1. The van der Waals surface area contributed by atoms with Crippen molar-refractivity contribution in [1.82, 2.24) is 4.98 Å². The number of hydrogen-bond acceptors (Lipinski definition) is 3. The Hall–Kier alpha value is -2.69. The monoisotopic (exact) mass is 420 g/mol. The Morgan fingerprint density at radius 2 is 1.79 bits per heavy atom. The molecule has 0 bridgehead atoms. The molecule has 0 aliphatic rings. The number of hydrogen-bond donors (Lipinski definition) is 0. The minimum absolute atomic E-state index is 0.110. The third-order valence-electron chi connectivity index (χ3n) is 4.79. The van der Waals surface area contributed by atoms with Crippen LogP contribution < -0.4 is 4.90 Å². The zero-order chi connectivity index (χ0) is 20.4. The zero-order valence-corrected chi connectivity index (χ0v) is 17.9. The highest BCUT2D eigenvalue weighted by Gasteiger charge is 2.23. The highest BCUT2D eigenvalue weighted by Crippen LogP contribution is 2.34. The van der Waals surface area contributed by atoms with E-state index in [-0.39, 0.29) is 5.91 Å². The van der Waals surface area contributed by atoms with Gasteiger partial charge in [0.2, 0.25) is 0 Å². The van der Waals surface area contributed by atoms with Crippen molar-refractivity contribution in [3.05, 3.63) is 94.5 Å². The number of rotatable bonds is 5. The van der Waals surface area contributed by atoms with Crippen LogP contribution in [0.4, 0.5) is 5.13 Å². The van der Waals surface area contributed by atoms with Crippen molar-refractivity contribution in [3.63, 3.8) is 0 Å². The van der Waals surface area contributed by atoms with Crippen LogP contribution in [0.15, 0.2) is 72.8 Å². The van der Waals surface area contributed by atoms with Crippen LogP contribution in [0, 0.1) is 0 Å². The second-order valence-corrected chi connectivity index (χ2v) is 8.68. The minimum atomic E-state index is -0.110. The predicted molar refractivity (Wildman–Crippen MR) is 122 cm³/mol. The third-order valence-corrected chi connectivity index (χ3v) is 6.07. The second-order valence-electron chi connectivity index (χ2n) is 7.23. The number of fused-ring (bicyclic) bond motifs is 1. The lowest BCUT2D eigenvalue weighted by Crippen LogP contribution is -2.30. The van der Waals surface area contributed by atoms with Gasteiger partial charge >= 0.3 is 0 Å². The lowest BCUT2D eigenvalue weighted by Gasteiger charge is -2.20. The van der Waals surface area contributed by atoms with E-state index in [0.29, 0.717) is 28.2 Å². The number of carbonyl (C=O) groups is 1. The summed E-state index contributed by atoms with van der Waals surface area (Å²) in [7, 11) is 0. The molecule has 0 spiro atoms. The SMILES string of the molecule is CC(C)c1cccc2sc(N(Cc3ccccc3)C(=O)c3cccc(Cl)c3)nc12. The Kier molecular flexibility index (Phi) is 5.65. The number of benzene rings is 3. The van der Waals surface area contributed by atoms with Crippen LogP contribution >= 0.6 is 22.9 Å². The van der Waals surface area contributed by atoms with Crippen LogP contribution in [0.1, 0.15) is 41.3 Å². The average Bonchev–Trinajstić information content (AvgIpc) is 3.16. The van der Waals surface area contributed by atoms with Crippen LogP contribution in [-0.4, -0.2) is 10.9 Å². The molecule has 0 saturated heterocycles. The average molecular weight is 421 g/mol. The first-order valence-electron chi connectivity index (χ1n) is 9.54. The molecule has 29 heavy (non-hydrogen) atoms. The van der Waals surface area contributed by atoms with Crippen LogP contribution in [0.2, 0.25) is 5.02 Å². The van der Waals surface area contributed by atoms with Gasteiger partial charge in [-0.3, -0.25) is 9.69 Å². The Labute approximate surface area is 179 Å². The van der Waals surface area contributed by atoms with E-state index >= 15 is 0 Å². The van der Waals surface area contributed by atoms with Crippen molar-refractivity contribution in [2.24, 2.45) is 0 Å². The Morgan fingerprint density at radius 3 is 2.52 bits per heavy atom. The van der Waals surface area contributed by atoms with Crippen LogP contribution in [0.3, 0.4) is 0 Å². The first kappa shape index (κ1) is 19.6. The molecule has 0 atom stereocenters. The first-order valence-corrected chi connectivity index (χ1v) is 10.7. The van der Waals surface area contributed by atoms with Crippen LogP contribution in [0.25, 0.3) is 10.2 Å². The molecule has 0 aliphatic carbocycles. The lowest BCUT2D eigenvalue weighted by molar-refractivity contribution is 0.0985. The molecule has 5 heteroatoms. The van der Waals surface area contributed by atoms with Gasteiger partial charge in [0.05, 0.1) is 16.8 Å². The standard InChI is InChI=1S/C24H21ClN2OS/c1-16(2)20-12-7-13-21-22(20)26-24(29-21)27(15-17-8-4-3-5-9-17)23(28)18-10-6-11-19(25)14-18/h3-14,16H,15H2,1-2H3. The van der Waals surface area contributed by atoms with E-state index in [1.807, 2.05) is 30.3 Å². The van der Waals surface area contributed by atoms with E-state index in [9.17, 15) is 4.79 Å². The van der Waals surface area contributed by atoms with Crippen molar-refractivity contribution in [2.75, 3.05) is 4.90 Å². The maximum Gasteiger partial charge on any atom is 0.260 e. The van der Waals surface area contributed by atoms with Gasteiger partial charge in [-0.1, -0.05) is 85.3 Å². The summed E-state index contributed by atoms with van der Waals surface area (Å²) < 4.78 is 1.09. The number of halogens is 1. The quantitative estimate of drug-likeness (QED) is 0.351. The number of aromatic nitrogens is 1. The topological polar surface area (TPSA) is 33.2 Å². The largest absolute Gasteiger partial charge is 0.279 e. The maximum atomic E-state index is 13.4. The van der Waals surface area contributed by atoms with Crippen LogP contribution in [0.5, 0.6) is 0 Å². The molecule has 0 radical (unpaired) electrons. The molecular formula is C24H21ClN2OS. The summed E-state index contributed by atoms with van der Waals surface area (Å²) in [5.41, 5.74) is 3.77. The normalized spacial score (nSPS) is 11.2. The fourth-order valence-corrected chi connectivity index (χ4v) is 4.50. The van der Waals surface area contributed by atoms with Gasteiger partial charge < -0.3 is 0 Å². The molecule has 4 rings (SSSR count). The Balaban J connectivity index is 1.81. The van der Waals surface area contributed by atoms with Gasteiger partial charge in [0.15, 0.2) is 5.13 Å². The summed E-state index contributed by atoms with van der Waals surface area (Å²) in [6.07, 6.45) is 0. The van der Waals surface area contributed by atoms with Crippen molar-refractivity contribution in [3.8, 4) is 0 Å². The summed E-state index contributed by atoms with van der Waals surface area (Å²) >= 11 is 7.68. The molecule has 1 aromatic heterocycles. The van der Waals surface area contributed by atoms with E-state index < -0.39 is 0 Å². The maximum absolute atomic E-state index is 13.4.